The Kier molecular flexibility index (Phi) is 8.82. The number of imide groups is 1. The van der Waals surface area contributed by atoms with Gasteiger partial charge >= 0.3 is 0 Å². The summed E-state index contributed by atoms with van der Waals surface area (Å²) in [5.41, 5.74) is 4.33. The highest BCUT2D eigenvalue weighted by Crippen LogP contribution is 2.56. The summed E-state index contributed by atoms with van der Waals surface area (Å²) in [7, 11) is 3.20. The third kappa shape index (κ3) is 5.57. The fourth-order valence-corrected chi connectivity index (χ4v) is 8.16. The molecule has 1 heterocycles. The van der Waals surface area contributed by atoms with Crippen LogP contribution in [0, 0.1) is 17.8 Å². The second kappa shape index (κ2) is 13.2. The molecule has 10 heteroatoms. The Hall–Kier alpha value is -5.22. The highest BCUT2D eigenvalue weighted by Gasteiger charge is 2.56. The van der Waals surface area contributed by atoms with Gasteiger partial charge in [0, 0.05) is 28.7 Å². The Balaban J connectivity index is 1.21. The van der Waals surface area contributed by atoms with E-state index in [1.54, 1.807) is 45.4 Å². The second-order valence-corrected chi connectivity index (χ2v) is 13.5. The first-order valence-corrected chi connectivity index (χ1v) is 17.2. The summed E-state index contributed by atoms with van der Waals surface area (Å²) in [5, 5.41) is 10.4. The quantitative estimate of drug-likeness (QED) is 0.114. The molecule has 1 aliphatic heterocycles. The molecule has 4 atom stereocenters. The largest absolute Gasteiger partial charge is 0.504 e. The number of fused-ring (bicyclic) bond motifs is 3. The first-order chi connectivity index (χ1) is 24.1. The zero-order chi connectivity index (χ0) is 35.3. The summed E-state index contributed by atoms with van der Waals surface area (Å²) < 4.78 is 16.6. The van der Waals surface area contributed by atoms with E-state index in [-0.39, 0.29) is 45.8 Å². The lowest BCUT2D eigenvalue weighted by Gasteiger charge is -2.42. The summed E-state index contributed by atoms with van der Waals surface area (Å²) in [6.45, 7) is 2.12. The summed E-state index contributed by atoms with van der Waals surface area (Å²) in [6, 6.07) is 17.6. The maximum Gasteiger partial charge on any atom is 0.238 e. The molecule has 50 heavy (non-hydrogen) atoms. The van der Waals surface area contributed by atoms with E-state index >= 15 is 0 Å². The summed E-state index contributed by atoms with van der Waals surface area (Å²) >= 11 is 3.27. The number of carbonyl (C=O) groups excluding carboxylic acids is 4. The number of allylic oxidation sites excluding steroid dienone is 6. The van der Waals surface area contributed by atoms with Crippen LogP contribution in [-0.2, 0) is 19.2 Å². The molecule has 0 bridgehead atoms. The van der Waals surface area contributed by atoms with Crippen molar-refractivity contribution < 1.29 is 38.5 Å². The summed E-state index contributed by atoms with van der Waals surface area (Å²) in [6.07, 6.45) is 7.55. The number of anilines is 1. The Morgan fingerprint density at radius 1 is 0.900 bits per heavy atom. The molecule has 254 valence electrons. The van der Waals surface area contributed by atoms with Gasteiger partial charge in [-0.05, 0) is 95.2 Å². The molecular weight excluding hydrogens is 702 g/mol. The molecule has 0 saturated carbocycles. The third-order valence-electron chi connectivity index (χ3n) is 9.99. The van der Waals surface area contributed by atoms with Crippen molar-refractivity contribution in [3.63, 3.8) is 0 Å². The maximum atomic E-state index is 14.3. The van der Waals surface area contributed by atoms with Crippen LogP contribution in [-0.4, -0.2) is 49.3 Å². The van der Waals surface area contributed by atoms with Crippen LogP contribution in [0.25, 0.3) is 12.2 Å². The number of amides is 2. The maximum absolute atomic E-state index is 14.3. The number of phenols is 1. The minimum atomic E-state index is -0.713. The van der Waals surface area contributed by atoms with Gasteiger partial charge in [-0.15, -0.1) is 0 Å². The van der Waals surface area contributed by atoms with Crippen molar-refractivity contribution in [2.45, 2.75) is 25.7 Å². The van der Waals surface area contributed by atoms with Crippen LogP contribution in [0.3, 0.4) is 0 Å². The van der Waals surface area contributed by atoms with Crippen LogP contribution in [0.5, 0.6) is 23.0 Å². The molecule has 1 saturated heterocycles. The fourth-order valence-electron chi connectivity index (χ4n) is 7.71. The Morgan fingerprint density at radius 3 is 2.40 bits per heavy atom. The van der Waals surface area contributed by atoms with Crippen LogP contribution in [0.15, 0.2) is 94.0 Å². The number of ketones is 2. The van der Waals surface area contributed by atoms with Gasteiger partial charge in [-0.2, -0.15) is 0 Å². The first-order valence-electron chi connectivity index (χ1n) is 16.4. The van der Waals surface area contributed by atoms with Gasteiger partial charge in [0.15, 0.2) is 23.1 Å². The van der Waals surface area contributed by atoms with E-state index < -0.39 is 23.7 Å². The number of rotatable bonds is 8. The number of methoxy groups -OCH3 is 2. The third-order valence-corrected chi connectivity index (χ3v) is 10.6. The van der Waals surface area contributed by atoms with Crippen molar-refractivity contribution in [1.82, 2.24) is 0 Å². The molecule has 3 aromatic rings. The zero-order valence-electron chi connectivity index (χ0n) is 27.6. The minimum absolute atomic E-state index is 0.0442. The lowest BCUT2D eigenvalue weighted by Crippen LogP contribution is -2.39. The lowest BCUT2D eigenvalue weighted by atomic mass is 9.59. The Morgan fingerprint density at radius 2 is 1.68 bits per heavy atom. The molecule has 1 fully saturated rings. The van der Waals surface area contributed by atoms with E-state index in [1.165, 1.54) is 17.0 Å². The van der Waals surface area contributed by atoms with Gasteiger partial charge in [0.25, 0.3) is 0 Å². The molecule has 9 nitrogen and oxygen atoms in total. The summed E-state index contributed by atoms with van der Waals surface area (Å²) in [5.74, 6) is -2.06. The average molecular weight is 737 g/mol. The molecular formula is C40H34BrNO8. The van der Waals surface area contributed by atoms with E-state index in [2.05, 4.69) is 15.9 Å². The van der Waals surface area contributed by atoms with Gasteiger partial charge in [0.05, 0.1) is 42.8 Å². The standard InChI is InChI=1S/C40H34BrNO8/c1-4-50-34-18-23(9-15-31(34)43)35-26-13-14-27-36(28(26)19-29-37(35)32(44)20-30(41)38(29)45)40(47)42(39(27)46)24-10-6-21(7-11-24)5-8-22-17-25(48-2)12-16-33(22)49-3/h5-13,15-18,20,27-28,35-36,43H,4,14,19H2,1-3H3/t27-,28+,35-,36-/m0/s1. The molecule has 0 aromatic heterocycles. The number of phenolic OH excluding ortho intramolecular Hbond substituents is 1. The van der Waals surface area contributed by atoms with Crippen molar-refractivity contribution in [3.05, 3.63) is 111 Å². The van der Waals surface area contributed by atoms with Crippen LogP contribution in [0.2, 0.25) is 0 Å². The van der Waals surface area contributed by atoms with Crippen molar-refractivity contribution >= 4 is 57.2 Å². The molecule has 7 rings (SSSR count). The fraction of sp³-hybridized carbons (Fsp3) is 0.250. The van der Waals surface area contributed by atoms with Crippen LogP contribution >= 0.6 is 15.9 Å². The normalized spacial score (nSPS) is 23.0. The van der Waals surface area contributed by atoms with E-state index in [9.17, 15) is 24.3 Å². The zero-order valence-corrected chi connectivity index (χ0v) is 29.2. The number of Topliss-reactive ketones (excluding diaryl/α,β-unsaturated/α-hetero) is 1. The molecule has 2 amide bonds. The SMILES string of the molecule is CCOc1cc([C@H]2C3=CC[C@@H]4C(=O)N(c5ccc(C=Cc6cc(OC)ccc6OC)cc5)C(=O)[C@@H]4[C@@H]3CC3=C2C(=O)C=C(Br)C3=O)ccc1O. The highest BCUT2D eigenvalue weighted by molar-refractivity contribution is 9.12. The topological polar surface area (TPSA) is 119 Å². The minimum Gasteiger partial charge on any atom is -0.504 e. The average Bonchev–Trinajstić information content (AvgIpc) is 3.39. The van der Waals surface area contributed by atoms with E-state index in [0.29, 0.717) is 46.9 Å². The predicted molar refractivity (Wildman–Crippen MR) is 191 cm³/mol. The molecule has 0 spiro atoms. The van der Waals surface area contributed by atoms with Crippen molar-refractivity contribution in [1.29, 1.82) is 0 Å². The first kappa shape index (κ1) is 33.3. The summed E-state index contributed by atoms with van der Waals surface area (Å²) in [4.78, 5) is 56.6. The number of halogens is 1. The molecule has 1 N–H and O–H groups in total. The van der Waals surface area contributed by atoms with Gasteiger partial charge < -0.3 is 19.3 Å². The molecule has 0 unspecified atom stereocenters. The van der Waals surface area contributed by atoms with E-state index in [4.69, 9.17) is 14.2 Å². The van der Waals surface area contributed by atoms with E-state index in [1.807, 2.05) is 48.6 Å². The van der Waals surface area contributed by atoms with E-state index in [0.717, 1.165) is 16.7 Å². The number of hydrogen-bond donors (Lipinski definition) is 1. The molecule has 4 aliphatic rings. The number of aromatic hydroxyl groups is 1. The Bertz CT molecular complexity index is 2070. The van der Waals surface area contributed by atoms with Crippen molar-refractivity contribution in [3.8, 4) is 23.0 Å². The van der Waals surface area contributed by atoms with Crippen molar-refractivity contribution in [2.75, 3.05) is 25.7 Å². The molecule has 0 radical (unpaired) electrons. The smallest absolute Gasteiger partial charge is 0.238 e. The van der Waals surface area contributed by atoms with Gasteiger partial charge in [0.2, 0.25) is 11.8 Å². The number of carbonyl (C=O) groups is 4. The monoisotopic (exact) mass is 735 g/mol. The van der Waals surface area contributed by atoms with Gasteiger partial charge in [0.1, 0.15) is 11.5 Å². The van der Waals surface area contributed by atoms with Gasteiger partial charge in [-0.3, -0.25) is 24.1 Å². The van der Waals surface area contributed by atoms with Gasteiger partial charge in [-0.1, -0.05) is 42.0 Å². The number of hydrogen-bond acceptors (Lipinski definition) is 8. The van der Waals surface area contributed by atoms with Crippen molar-refractivity contribution in [2.24, 2.45) is 17.8 Å². The second-order valence-electron chi connectivity index (χ2n) is 12.6. The Labute approximate surface area is 297 Å². The number of ether oxygens (including phenoxy) is 3. The van der Waals surface area contributed by atoms with Gasteiger partial charge in [-0.25, -0.2) is 0 Å². The van der Waals surface area contributed by atoms with Crippen LogP contribution in [0.4, 0.5) is 5.69 Å². The lowest BCUT2D eigenvalue weighted by molar-refractivity contribution is -0.123. The molecule has 3 aliphatic carbocycles. The molecule has 3 aromatic carbocycles. The van der Waals surface area contributed by atoms with Crippen LogP contribution in [0.1, 0.15) is 42.4 Å². The predicted octanol–water partition coefficient (Wildman–Crippen LogP) is 6.95. The number of nitrogens with zero attached hydrogens (tertiary/aromatic N) is 1. The van der Waals surface area contributed by atoms with Crippen LogP contribution < -0.4 is 19.1 Å². The number of benzene rings is 3. The highest BCUT2D eigenvalue weighted by atomic mass is 79.9.